The Morgan fingerprint density at radius 2 is 1.41 bits per heavy atom. The molecule has 0 saturated heterocycles. The van der Waals surface area contributed by atoms with E-state index < -0.39 is 79.2 Å². The van der Waals surface area contributed by atoms with E-state index in [1.165, 1.54) is 0 Å². The van der Waals surface area contributed by atoms with E-state index in [-0.39, 0.29) is 6.42 Å². The number of carbonyl (C=O) groups excluding carboxylic acids is 4. The molecule has 164 valence electrons. The molecular formula is C15H25N5O9. The minimum absolute atomic E-state index is 0.387. The summed E-state index contributed by atoms with van der Waals surface area (Å²) >= 11 is 0. The van der Waals surface area contributed by atoms with Crippen molar-refractivity contribution in [3.8, 4) is 0 Å². The van der Waals surface area contributed by atoms with Gasteiger partial charge in [0.15, 0.2) is 0 Å². The van der Waals surface area contributed by atoms with E-state index in [2.05, 4.69) is 10.6 Å². The molecule has 0 aliphatic carbocycles. The highest BCUT2D eigenvalue weighted by molar-refractivity contribution is 5.95. The Morgan fingerprint density at radius 1 is 0.897 bits per heavy atom. The maximum atomic E-state index is 12.4. The molecule has 29 heavy (non-hydrogen) atoms. The van der Waals surface area contributed by atoms with Gasteiger partial charge in [-0.1, -0.05) is 0 Å². The Balaban J connectivity index is 5.19. The van der Waals surface area contributed by atoms with Gasteiger partial charge in [0.05, 0.1) is 19.1 Å². The van der Waals surface area contributed by atoms with Crippen molar-refractivity contribution in [2.45, 2.75) is 50.4 Å². The number of hydrogen-bond donors (Lipinski definition) is 8. The van der Waals surface area contributed by atoms with Crippen molar-refractivity contribution in [2.24, 2.45) is 11.5 Å². The predicted molar refractivity (Wildman–Crippen MR) is 94.8 cm³/mol. The van der Waals surface area contributed by atoms with Gasteiger partial charge >= 0.3 is 11.9 Å². The summed E-state index contributed by atoms with van der Waals surface area (Å²) < 4.78 is 0. The van der Waals surface area contributed by atoms with Gasteiger partial charge in [0.25, 0.3) is 0 Å². The van der Waals surface area contributed by atoms with E-state index in [1.54, 1.807) is 0 Å². The fourth-order valence-corrected chi connectivity index (χ4v) is 1.97. The van der Waals surface area contributed by atoms with Gasteiger partial charge in [-0.25, -0.2) is 0 Å². The first-order chi connectivity index (χ1) is 13.4. The summed E-state index contributed by atoms with van der Waals surface area (Å²) in [5.74, 6) is -6.49. The number of carbonyl (C=O) groups is 6. The van der Waals surface area contributed by atoms with Crippen LogP contribution in [0.3, 0.4) is 0 Å². The van der Waals surface area contributed by atoms with Crippen LogP contribution in [0.5, 0.6) is 0 Å². The monoisotopic (exact) mass is 419 g/mol. The van der Waals surface area contributed by atoms with Crippen LogP contribution in [0.1, 0.15) is 26.2 Å². The lowest BCUT2D eigenvalue weighted by Crippen LogP contribution is -2.58. The van der Waals surface area contributed by atoms with E-state index in [0.717, 1.165) is 6.92 Å². The predicted octanol–water partition coefficient (Wildman–Crippen LogP) is -4.39. The second-order valence-electron chi connectivity index (χ2n) is 6.08. The number of aliphatic carboxylic acids is 2. The van der Waals surface area contributed by atoms with Gasteiger partial charge in [-0.3, -0.25) is 28.8 Å². The van der Waals surface area contributed by atoms with E-state index >= 15 is 0 Å². The van der Waals surface area contributed by atoms with Gasteiger partial charge in [0, 0.05) is 6.42 Å². The lowest BCUT2D eigenvalue weighted by molar-refractivity contribution is -0.142. The lowest BCUT2D eigenvalue weighted by atomic mass is 10.1. The lowest BCUT2D eigenvalue weighted by Gasteiger charge is -2.23. The van der Waals surface area contributed by atoms with Crippen molar-refractivity contribution in [2.75, 3.05) is 6.61 Å². The van der Waals surface area contributed by atoms with Gasteiger partial charge < -0.3 is 42.7 Å². The van der Waals surface area contributed by atoms with Gasteiger partial charge in [-0.15, -0.1) is 0 Å². The third kappa shape index (κ3) is 10.0. The Hall–Kier alpha value is -3.26. The van der Waals surface area contributed by atoms with Crippen LogP contribution < -0.4 is 27.4 Å². The molecule has 0 aromatic carbocycles. The maximum absolute atomic E-state index is 12.4. The number of nitrogens with two attached hydrogens (primary N) is 2. The Kier molecular flexibility index (Phi) is 10.9. The third-order valence-electron chi connectivity index (χ3n) is 3.58. The highest BCUT2D eigenvalue weighted by Crippen LogP contribution is 2.01. The van der Waals surface area contributed by atoms with Crippen LogP contribution in [0, 0.1) is 0 Å². The van der Waals surface area contributed by atoms with E-state index in [9.17, 15) is 33.9 Å². The number of aliphatic hydroxyl groups excluding tert-OH is 1. The average Bonchev–Trinajstić information content (AvgIpc) is 2.61. The highest BCUT2D eigenvalue weighted by Gasteiger charge is 2.29. The molecule has 14 nitrogen and oxygen atoms in total. The average molecular weight is 419 g/mol. The molecule has 0 bridgehead atoms. The molecule has 0 saturated carbocycles. The number of nitrogens with one attached hydrogen (secondary N) is 3. The molecule has 0 heterocycles. The first kappa shape index (κ1) is 25.7. The molecule has 0 spiro atoms. The number of carboxylic acid groups (broad SMARTS) is 2. The van der Waals surface area contributed by atoms with Crippen molar-refractivity contribution >= 4 is 35.6 Å². The van der Waals surface area contributed by atoms with Crippen molar-refractivity contribution in [1.29, 1.82) is 0 Å². The van der Waals surface area contributed by atoms with E-state index in [4.69, 9.17) is 21.7 Å². The quantitative estimate of drug-likeness (QED) is 0.142. The first-order valence-corrected chi connectivity index (χ1v) is 8.39. The smallest absolute Gasteiger partial charge is 0.325 e. The SMILES string of the molecule is CC(NC(=O)C(CO)NC(=O)C(CCC(=O)O)NC(=O)C(N)CC(N)=O)C(=O)O. The maximum Gasteiger partial charge on any atom is 0.325 e. The molecule has 0 aromatic heterocycles. The number of hydrogen-bond acceptors (Lipinski definition) is 8. The number of amides is 4. The minimum Gasteiger partial charge on any atom is -0.481 e. The summed E-state index contributed by atoms with van der Waals surface area (Å²) in [5, 5.41) is 33.1. The molecule has 0 aliphatic rings. The Bertz CT molecular complexity index is 654. The minimum atomic E-state index is -1.56. The van der Waals surface area contributed by atoms with Crippen LogP contribution >= 0.6 is 0 Å². The highest BCUT2D eigenvalue weighted by atomic mass is 16.4. The zero-order chi connectivity index (χ0) is 22.7. The second kappa shape index (κ2) is 12.2. The number of rotatable bonds is 13. The normalized spacial score (nSPS) is 14.6. The molecule has 4 amide bonds. The molecule has 14 heteroatoms. The zero-order valence-electron chi connectivity index (χ0n) is 15.6. The summed E-state index contributed by atoms with van der Waals surface area (Å²) in [4.78, 5) is 68.7. The zero-order valence-corrected chi connectivity index (χ0v) is 15.6. The molecule has 0 aromatic rings. The fourth-order valence-electron chi connectivity index (χ4n) is 1.97. The number of primary amides is 1. The van der Waals surface area contributed by atoms with Crippen molar-refractivity contribution < 1.29 is 44.1 Å². The fraction of sp³-hybridized carbons (Fsp3) is 0.600. The largest absolute Gasteiger partial charge is 0.481 e. The molecular weight excluding hydrogens is 394 g/mol. The van der Waals surface area contributed by atoms with Crippen LogP contribution in [0.2, 0.25) is 0 Å². The van der Waals surface area contributed by atoms with Gasteiger partial charge in [-0.05, 0) is 13.3 Å². The Labute approximate surface area is 165 Å². The molecule has 4 atom stereocenters. The number of carboxylic acids is 2. The molecule has 4 unspecified atom stereocenters. The molecule has 10 N–H and O–H groups in total. The van der Waals surface area contributed by atoms with E-state index in [1.807, 2.05) is 5.32 Å². The summed E-state index contributed by atoms with van der Waals surface area (Å²) in [6.45, 7) is 0.261. The van der Waals surface area contributed by atoms with Crippen LogP contribution in [-0.2, 0) is 28.8 Å². The van der Waals surface area contributed by atoms with Gasteiger partial charge in [-0.2, -0.15) is 0 Å². The third-order valence-corrected chi connectivity index (χ3v) is 3.58. The summed E-state index contributed by atoms with van der Waals surface area (Å²) in [6.07, 6.45) is -1.44. The Morgan fingerprint density at radius 3 is 1.86 bits per heavy atom. The van der Waals surface area contributed by atoms with Crippen molar-refractivity contribution in [3.05, 3.63) is 0 Å². The summed E-state index contributed by atoms with van der Waals surface area (Å²) in [5.41, 5.74) is 10.4. The standard InChI is InChI=1S/C15H25N5O9/c1-6(15(28)29)18-14(27)9(5-21)20-13(26)8(2-3-11(23)24)19-12(25)7(16)4-10(17)22/h6-9,21H,2-5,16H2,1H3,(H2,17,22)(H,18,27)(H,19,25)(H,20,26)(H,23,24)(H,28,29). The molecule has 0 radical (unpaired) electrons. The molecule has 0 aliphatic heterocycles. The summed E-state index contributed by atoms with van der Waals surface area (Å²) in [6, 6.07) is -5.71. The first-order valence-electron chi connectivity index (χ1n) is 8.39. The van der Waals surface area contributed by atoms with Crippen molar-refractivity contribution in [1.82, 2.24) is 16.0 Å². The van der Waals surface area contributed by atoms with Crippen molar-refractivity contribution in [3.63, 3.8) is 0 Å². The second-order valence-corrected chi connectivity index (χ2v) is 6.08. The molecule has 0 rings (SSSR count). The van der Waals surface area contributed by atoms with Crippen LogP contribution in [0.25, 0.3) is 0 Å². The van der Waals surface area contributed by atoms with Crippen LogP contribution in [-0.4, -0.2) is 81.7 Å². The van der Waals surface area contributed by atoms with E-state index in [0.29, 0.717) is 0 Å². The van der Waals surface area contributed by atoms with Crippen LogP contribution in [0.4, 0.5) is 0 Å². The number of aliphatic hydroxyl groups is 1. The van der Waals surface area contributed by atoms with Crippen LogP contribution in [0.15, 0.2) is 0 Å². The van der Waals surface area contributed by atoms with Gasteiger partial charge in [0.2, 0.25) is 23.6 Å². The molecule has 0 fully saturated rings. The van der Waals surface area contributed by atoms with Gasteiger partial charge in [0.1, 0.15) is 18.1 Å². The topological polar surface area (TPSA) is 251 Å². The summed E-state index contributed by atoms with van der Waals surface area (Å²) in [7, 11) is 0.